The predicted octanol–water partition coefficient (Wildman–Crippen LogP) is 3.15. The molecule has 0 amide bonds. The largest absolute Gasteiger partial charge is 0.316 e. The SMILES string of the molecule is CCC(C)C(Cc1c(Br)c(C)nn1CC)NC. The summed E-state index contributed by atoms with van der Waals surface area (Å²) in [4.78, 5) is 0. The average molecular weight is 302 g/mol. The minimum atomic E-state index is 0.512. The van der Waals surface area contributed by atoms with Crippen LogP contribution in [0, 0.1) is 12.8 Å². The third-order valence-corrected chi connectivity index (χ3v) is 4.60. The molecule has 1 heterocycles. The van der Waals surface area contributed by atoms with Crippen molar-refractivity contribution >= 4 is 15.9 Å². The van der Waals surface area contributed by atoms with Crippen LogP contribution in [0.5, 0.6) is 0 Å². The van der Waals surface area contributed by atoms with Gasteiger partial charge in [-0.25, -0.2) is 0 Å². The smallest absolute Gasteiger partial charge is 0.0738 e. The van der Waals surface area contributed by atoms with E-state index in [4.69, 9.17) is 0 Å². The van der Waals surface area contributed by atoms with Gasteiger partial charge in [0.2, 0.25) is 0 Å². The normalized spacial score (nSPS) is 14.9. The predicted molar refractivity (Wildman–Crippen MR) is 76.3 cm³/mol. The van der Waals surface area contributed by atoms with Gasteiger partial charge in [-0.3, -0.25) is 4.68 Å². The Balaban J connectivity index is 2.92. The summed E-state index contributed by atoms with van der Waals surface area (Å²) in [6, 6.07) is 0.512. The molecule has 17 heavy (non-hydrogen) atoms. The van der Waals surface area contributed by atoms with Crippen molar-refractivity contribution in [1.29, 1.82) is 0 Å². The van der Waals surface area contributed by atoms with Crippen molar-refractivity contribution in [3.05, 3.63) is 15.9 Å². The Morgan fingerprint density at radius 1 is 1.41 bits per heavy atom. The third-order valence-electron chi connectivity index (χ3n) is 3.57. The highest BCUT2D eigenvalue weighted by Gasteiger charge is 2.19. The lowest BCUT2D eigenvalue weighted by atomic mass is 9.95. The molecule has 2 unspecified atom stereocenters. The van der Waals surface area contributed by atoms with Crippen molar-refractivity contribution < 1.29 is 0 Å². The van der Waals surface area contributed by atoms with Gasteiger partial charge >= 0.3 is 0 Å². The lowest BCUT2D eigenvalue weighted by Crippen LogP contribution is -2.34. The highest BCUT2D eigenvalue weighted by molar-refractivity contribution is 9.10. The van der Waals surface area contributed by atoms with E-state index in [1.165, 1.54) is 16.6 Å². The topological polar surface area (TPSA) is 29.9 Å². The van der Waals surface area contributed by atoms with Gasteiger partial charge in [-0.05, 0) is 42.7 Å². The molecule has 0 aliphatic heterocycles. The lowest BCUT2D eigenvalue weighted by Gasteiger charge is -2.23. The van der Waals surface area contributed by atoms with Gasteiger partial charge in [0.15, 0.2) is 0 Å². The van der Waals surface area contributed by atoms with Crippen LogP contribution in [-0.4, -0.2) is 22.9 Å². The number of nitrogens with one attached hydrogen (secondary N) is 1. The van der Waals surface area contributed by atoms with Gasteiger partial charge in [0, 0.05) is 19.0 Å². The summed E-state index contributed by atoms with van der Waals surface area (Å²) in [5.41, 5.74) is 2.39. The first-order valence-corrected chi connectivity index (χ1v) is 7.23. The molecule has 3 nitrogen and oxygen atoms in total. The second kappa shape index (κ2) is 6.55. The van der Waals surface area contributed by atoms with Crippen LogP contribution in [0.4, 0.5) is 0 Å². The van der Waals surface area contributed by atoms with Gasteiger partial charge in [0.1, 0.15) is 0 Å². The maximum atomic E-state index is 4.54. The fourth-order valence-corrected chi connectivity index (χ4v) is 2.59. The molecule has 0 aliphatic rings. The van der Waals surface area contributed by atoms with Crippen molar-refractivity contribution in [3.63, 3.8) is 0 Å². The number of aryl methyl sites for hydroxylation is 2. The molecular weight excluding hydrogens is 278 g/mol. The molecular formula is C13H24BrN3. The van der Waals surface area contributed by atoms with Crippen LogP contribution < -0.4 is 5.32 Å². The summed E-state index contributed by atoms with van der Waals surface area (Å²) in [5, 5.41) is 7.97. The van der Waals surface area contributed by atoms with Crippen molar-refractivity contribution in [2.24, 2.45) is 5.92 Å². The fraction of sp³-hybridized carbons (Fsp3) is 0.769. The van der Waals surface area contributed by atoms with Gasteiger partial charge in [-0.2, -0.15) is 5.10 Å². The summed E-state index contributed by atoms with van der Waals surface area (Å²) in [6.07, 6.45) is 2.23. The van der Waals surface area contributed by atoms with Gasteiger partial charge in [0.25, 0.3) is 0 Å². The Morgan fingerprint density at radius 3 is 2.53 bits per heavy atom. The molecule has 0 spiro atoms. The number of aromatic nitrogens is 2. The average Bonchev–Trinajstić information content (AvgIpc) is 2.61. The molecule has 0 fully saturated rings. The van der Waals surface area contributed by atoms with E-state index in [1.54, 1.807) is 0 Å². The second-order valence-electron chi connectivity index (χ2n) is 4.65. The fourth-order valence-electron chi connectivity index (χ4n) is 2.14. The molecule has 1 N–H and O–H groups in total. The molecule has 1 aromatic rings. The monoisotopic (exact) mass is 301 g/mol. The van der Waals surface area contributed by atoms with E-state index in [0.717, 1.165) is 18.7 Å². The summed E-state index contributed by atoms with van der Waals surface area (Å²) in [7, 11) is 2.05. The number of rotatable bonds is 6. The van der Waals surface area contributed by atoms with Crippen LogP contribution in [0.2, 0.25) is 0 Å². The van der Waals surface area contributed by atoms with E-state index >= 15 is 0 Å². The standard InChI is InChI=1S/C13H24BrN3/c1-6-9(3)11(15-5)8-12-13(14)10(4)16-17(12)7-2/h9,11,15H,6-8H2,1-5H3. The first-order chi connectivity index (χ1) is 8.04. The Hall–Kier alpha value is -0.350. The van der Waals surface area contributed by atoms with Crippen molar-refractivity contribution in [2.45, 2.75) is 53.1 Å². The van der Waals surface area contributed by atoms with Gasteiger partial charge in [0.05, 0.1) is 15.9 Å². The Kier molecular flexibility index (Phi) is 5.67. The van der Waals surface area contributed by atoms with E-state index in [-0.39, 0.29) is 0 Å². The Morgan fingerprint density at radius 2 is 2.06 bits per heavy atom. The quantitative estimate of drug-likeness (QED) is 0.875. The van der Waals surface area contributed by atoms with Crippen molar-refractivity contribution in [3.8, 4) is 0 Å². The molecule has 0 saturated heterocycles. The molecule has 0 aromatic carbocycles. The van der Waals surface area contributed by atoms with Gasteiger partial charge < -0.3 is 5.32 Å². The van der Waals surface area contributed by atoms with E-state index in [0.29, 0.717) is 12.0 Å². The Labute approximate surface area is 113 Å². The van der Waals surface area contributed by atoms with Gasteiger partial charge in [-0.1, -0.05) is 20.3 Å². The van der Waals surface area contributed by atoms with E-state index < -0.39 is 0 Å². The van der Waals surface area contributed by atoms with E-state index in [9.17, 15) is 0 Å². The Bertz CT molecular complexity index is 360. The first-order valence-electron chi connectivity index (χ1n) is 6.44. The summed E-state index contributed by atoms with van der Waals surface area (Å²) in [5.74, 6) is 0.674. The zero-order valence-electron chi connectivity index (χ0n) is 11.5. The van der Waals surface area contributed by atoms with Crippen molar-refractivity contribution in [1.82, 2.24) is 15.1 Å². The molecule has 4 heteroatoms. The van der Waals surface area contributed by atoms with Gasteiger partial charge in [-0.15, -0.1) is 0 Å². The summed E-state index contributed by atoms with van der Waals surface area (Å²) in [6.45, 7) is 9.66. The molecule has 98 valence electrons. The lowest BCUT2D eigenvalue weighted by molar-refractivity contribution is 0.377. The maximum Gasteiger partial charge on any atom is 0.0738 e. The van der Waals surface area contributed by atoms with Crippen LogP contribution in [-0.2, 0) is 13.0 Å². The minimum absolute atomic E-state index is 0.512. The number of likely N-dealkylation sites (N-methyl/N-ethyl adjacent to an activating group) is 1. The first kappa shape index (κ1) is 14.7. The highest BCUT2D eigenvalue weighted by Crippen LogP contribution is 2.24. The van der Waals surface area contributed by atoms with E-state index in [2.05, 4.69) is 58.7 Å². The number of halogens is 1. The van der Waals surface area contributed by atoms with Crippen LogP contribution >= 0.6 is 15.9 Å². The number of nitrogens with zero attached hydrogens (tertiary/aromatic N) is 2. The molecule has 0 bridgehead atoms. The van der Waals surface area contributed by atoms with Crippen LogP contribution in [0.25, 0.3) is 0 Å². The molecule has 1 aromatic heterocycles. The maximum absolute atomic E-state index is 4.54. The molecule has 0 radical (unpaired) electrons. The number of hydrogen-bond acceptors (Lipinski definition) is 2. The van der Waals surface area contributed by atoms with Crippen LogP contribution in [0.1, 0.15) is 38.6 Å². The molecule has 0 saturated carbocycles. The minimum Gasteiger partial charge on any atom is -0.316 e. The zero-order valence-corrected chi connectivity index (χ0v) is 13.1. The van der Waals surface area contributed by atoms with Crippen LogP contribution in [0.3, 0.4) is 0 Å². The second-order valence-corrected chi connectivity index (χ2v) is 5.44. The van der Waals surface area contributed by atoms with E-state index in [1.807, 2.05) is 7.05 Å². The third kappa shape index (κ3) is 3.32. The number of hydrogen-bond donors (Lipinski definition) is 1. The zero-order chi connectivity index (χ0) is 13.0. The molecule has 0 aliphatic carbocycles. The summed E-state index contributed by atoms with van der Waals surface area (Å²) < 4.78 is 3.27. The molecule has 1 rings (SSSR count). The van der Waals surface area contributed by atoms with Crippen LogP contribution in [0.15, 0.2) is 4.47 Å². The van der Waals surface area contributed by atoms with Crippen molar-refractivity contribution in [2.75, 3.05) is 7.05 Å². The highest BCUT2D eigenvalue weighted by atomic mass is 79.9. The summed E-state index contributed by atoms with van der Waals surface area (Å²) >= 11 is 3.66. The molecule has 2 atom stereocenters.